The van der Waals surface area contributed by atoms with E-state index in [-0.39, 0.29) is 25.9 Å². The number of aliphatic hydroxyl groups is 1. The van der Waals surface area contributed by atoms with E-state index >= 15 is 0 Å². The summed E-state index contributed by atoms with van der Waals surface area (Å²) in [5.74, 6) is -0.745. The quantitative estimate of drug-likeness (QED) is 0.550. The van der Waals surface area contributed by atoms with Crippen molar-refractivity contribution in [3.8, 4) is 0 Å². The average Bonchev–Trinajstić information content (AvgIpc) is 1.73. The van der Waals surface area contributed by atoms with Gasteiger partial charge in [-0.1, -0.05) is 6.92 Å². The van der Waals surface area contributed by atoms with E-state index in [0.717, 1.165) is 7.11 Å². The third kappa shape index (κ3) is 36.7. The number of rotatable bonds is 1. The predicted molar refractivity (Wildman–Crippen MR) is 26.1 cm³/mol. The van der Waals surface area contributed by atoms with Crippen LogP contribution in [0.3, 0.4) is 0 Å². The van der Waals surface area contributed by atoms with Crippen molar-refractivity contribution in [1.29, 1.82) is 0 Å². The van der Waals surface area contributed by atoms with Crippen molar-refractivity contribution in [3.63, 3.8) is 0 Å². The van der Waals surface area contributed by atoms with E-state index in [9.17, 15) is 4.79 Å². The summed E-state index contributed by atoms with van der Waals surface area (Å²) in [6.45, 7) is 1.60. The summed E-state index contributed by atoms with van der Waals surface area (Å²) in [4.78, 5) is 9.37. The molecule has 0 unspecified atom stereocenters. The molecule has 46 valence electrons. The maximum Gasteiger partial charge on any atom is 0.303 e. The largest absolute Gasteiger partial charge is 0.481 e. The fourth-order valence-electron chi connectivity index (χ4n) is 0. The molecule has 0 aliphatic heterocycles. The molecule has 3 nitrogen and oxygen atoms in total. The second-order valence-corrected chi connectivity index (χ2v) is 0.747. The second-order valence-electron chi connectivity index (χ2n) is 0.747. The maximum absolute atomic E-state index is 9.37. The van der Waals surface area contributed by atoms with Crippen molar-refractivity contribution in [3.05, 3.63) is 0 Å². The third-order valence-electron chi connectivity index (χ3n) is 0.302. The van der Waals surface area contributed by atoms with Crippen LogP contribution in [0.5, 0.6) is 0 Å². The van der Waals surface area contributed by atoms with Gasteiger partial charge < -0.3 is 10.2 Å². The zero-order chi connectivity index (χ0) is 6.28. The van der Waals surface area contributed by atoms with Gasteiger partial charge in [-0.2, -0.15) is 0 Å². The standard InChI is InChI=1S/C3H6O2.CH4O.Zn/c1-2-3(4)5;1-2;/h2H2,1H3,(H,4,5);2H,1H3;. The molecule has 0 amide bonds. The van der Waals surface area contributed by atoms with Crippen LogP contribution < -0.4 is 0 Å². The van der Waals surface area contributed by atoms with Gasteiger partial charge in [-0.05, 0) is 0 Å². The molecule has 0 aliphatic rings. The molecule has 8 heavy (non-hydrogen) atoms. The summed E-state index contributed by atoms with van der Waals surface area (Å²) in [7, 11) is 1.00. The van der Waals surface area contributed by atoms with Crippen LogP contribution in [0, 0.1) is 0 Å². The molecule has 0 saturated carbocycles. The molecule has 0 aliphatic carbocycles. The Labute approximate surface area is 61.5 Å². The number of carbonyl (C=O) groups is 1. The van der Waals surface area contributed by atoms with Gasteiger partial charge in [-0.3, -0.25) is 4.79 Å². The van der Waals surface area contributed by atoms with Crippen LogP contribution in [-0.2, 0) is 24.3 Å². The number of hydrogen-bond acceptors (Lipinski definition) is 2. The van der Waals surface area contributed by atoms with Gasteiger partial charge in [-0.15, -0.1) is 0 Å². The number of hydrogen-bond donors (Lipinski definition) is 2. The number of aliphatic hydroxyl groups excluding tert-OH is 1. The van der Waals surface area contributed by atoms with E-state index in [1.807, 2.05) is 0 Å². The van der Waals surface area contributed by atoms with Gasteiger partial charge in [0.05, 0.1) is 0 Å². The van der Waals surface area contributed by atoms with Crippen molar-refractivity contribution in [2.45, 2.75) is 13.3 Å². The van der Waals surface area contributed by atoms with Crippen LogP contribution in [-0.4, -0.2) is 23.3 Å². The molecule has 0 rings (SSSR count). The summed E-state index contributed by atoms with van der Waals surface area (Å²) >= 11 is 0. The van der Waals surface area contributed by atoms with Gasteiger partial charge in [0.1, 0.15) is 0 Å². The summed E-state index contributed by atoms with van der Waals surface area (Å²) in [6.07, 6.45) is 0.222. The van der Waals surface area contributed by atoms with Crippen LogP contribution in [0.1, 0.15) is 13.3 Å². The maximum atomic E-state index is 9.37. The number of carboxylic acids is 1. The first kappa shape index (κ1) is 15.7. The molecule has 0 saturated heterocycles. The summed E-state index contributed by atoms with van der Waals surface area (Å²) in [5.41, 5.74) is 0. The molecule has 0 aromatic heterocycles. The molecule has 0 radical (unpaired) electrons. The van der Waals surface area contributed by atoms with E-state index in [1.165, 1.54) is 0 Å². The Hall–Kier alpha value is 0.0534. The monoisotopic (exact) mass is 170 g/mol. The van der Waals surface area contributed by atoms with E-state index in [0.29, 0.717) is 0 Å². The van der Waals surface area contributed by atoms with Crippen molar-refractivity contribution in [2.24, 2.45) is 0 Å². The molecule has 0 fully saturated rings. The van der Waals surface area contributed by atoms with Crippen LogP contribution in [0.25, 0.3) is 0 Å². The zero-order valence-electron chi connectivity index (χ0n) is 5.22. The Bertz CT molecular complexity index is 46.5. The number of carboxylic acid groups (broad SMARTS) is 1. The molecule has 0 spiro atoms. The van der Waals surface area contributed by atoms with Gasteiger partial charge in [0.2, 0.25) is 0 Å². The Balaban J connectivity index is -0.0000000750. The van der Waals surface area contributed by atoms with Crippen molar-refractivity contribution in [1.82, 2.24) is 0 Å². The molecule has 0 heterocycles. The van der Waals surface area contributed by atoms with Gasteiger partial charge in [-0.25, -0.2) is 0 Å². The first-order valence-corrected chi connectivity index (χ1v) is 1.94. The fraction of sp³-hybridized carbons (Fsp3) is 0.750. The van der Waals surface area contributed by atoms with Gasteiger partial charge >= 0.3 is 5.97 Å². The Morgan fingerprint density at radius 1 is 1.50 bits per heavy atom. The van der Waals surface area contributed by atoms with Gasteiger partial charge in [0, 0.05) is 33.0 Å². The molecular formula is C4H10O3Zn. The van der Waals surface area contributed by atoms with Crippen LogP contribution in [0.4, 0.5) is 0 Å². The SMILES string of the molecule is CCC(=O)O.CO.[Zn]. The Kier molecular flexibility index (Phi) is 30.9. The smallest absolute Gasteiger partial charge is 0.303 e. The first-order chi connectivity index (χ1) is 3.27. The van der Waals surface area contributed by atoms with E-state index in [2.05, 4.69) is 0 Å². The van der Waals surface area contributed by atoms with Crippen LogP contribution in [0.2, 0.25) is 0 Å². The number of aliphatic carboxylic acids is 1. The minimum Gasteiger partial charge on any atom is -0.481 e. The average molecular weight is 172 g/mol. The third-order valence-corrected chi connectivity index (χ3v) is 0.302. The zero-order valence-corrected chi connectivity index (χ0v) is 8.18. The molecule has 2 N–H and O–H groups in total. The van der Waals surface area contributed by atoms with E-state index < -0.39 is 5.97 Å². The molecule has 0 bridgehead atoms. The van der Waals surface area contributed by atoms with Gasteiger partial charge in [0.15, 0.2) is 0 Å². The van der Waals surface area contributed by atoms with Crippen LogP contribution >= 0.6 is 0 Å². The topological polar surface area (TPSA) is 57.5 Å². The van der Waals surface area contributed by atoms with Crippen molar-refractivity contribution in [2.75, 3.05) is 7.11 Å². The van der Waals surface area contributed by atoms with Crippen LogP contribution in [0.15, 0.2) is 0 Å². The molecule has 0 aromatic carbocycles. The minimum absolute atomic E-state index is 0. The first-order valence-electron chi connectivity index (χ1n) is 1.94. The molecule has 0 atom stereocenters. The Morgan fingerprint density at radius 2 is 1.62 bits per heavy atom. The van der Waals surface area contributed by atoms with Gasteiger partial charge in [0.25, 0.3) is 0 Å². The van der Waals surface area contributed by atoms with Crippen molar-refractivity contribution >= 4 is 5.97 Å². The van der Waals surface area contributed by atoms with E-state index in [4.69, 9.17) is 10.2 Å². The summed E-state index contributed by atoms with van der Waals surface area (Å²) in [5, 5.41) is 14.7. The summed E-state index contributed by atoms with van der Waals surface area (Å²) in [6, 6.07) is 0. The second kappa shape index (κ2) is 15.7. The molecule has 0 aromatic rings. The van der Waals surface area contributed by atoms with E-state index in [1.54, 1.807) is 6.92 Å². The normalized spacial score (nSPS) is 5.38. The minimum atomic E-state index is -0.745. The molecule has 4 heteroatoms. The Morgan fingerprint density at radius 3 is 1.62 bits per heavy atom. The van der Waals surface area contributed by atoms with Crippen molar-refractivity contribution < 1.29 is 34.5 Å². The predicted octanol–water partition coefficient (Wildman–Crippen LogP) is 0.0870. The summed E-state index contributed by atoms with van der Waals surface area (Å²) < 4.78 is 0. The molecular weight excluding hydrogens is 161 g/mol. The fourth-order valence-corrected chi connectivity index (χ4v) is 0.